The quantitative estimate of drug-likeness (QED) is 0.481. The van der Waals surface area contributed by atoms with Crippen molar-refractivity contribution in [2.24, 2.45) is 25.0 Å². The van der Waals surface area contributed by atoms with E-state index in [2.05, 4.69) is 18.2 Å². The molecule has 0 saturated carbocycles. The van der Waals surface area contributed by atoms with Crippen molar-refractivity contribution in [1.82, 2.24) is 9.13 Å². The van der Waals surface area contributed by atoms with E-state index in [1.807, 2.05) is 0 Å². The molecule has 8 heteroatoms. The number of rotatable bonds is 1. The molecule has 0 aliphatic heterocycles. The lowest BCUT2D eigenvalue weighted by molar-refractivity contribution is 0.795. The van der Waals surface area contributed by atoms with Gasteiger partial charge >= 0.3 is 5.69 Å². The number of nitrogens with zero attached hydrogens (tertiary/aromatic N) is 5. The van der Waals surface area contributed by atoms with Crippen LogP contribution in [0.1, 0.15) is 5.56 Å². The molecule has 0 radical (unpaired) electrons. The molecule has 20 heavy (non-hydrogen) atoms. The van der Waals surface area contributed by atoms with E-state index in [1.165, 1.54) is 6.21 Å². The molecule has 1 heterocycles. The van der Waals surface area contributed by atoms with E-state index in [9.17, 15) is 4.79 Å². The third-order valence-electron chi connectivity index (χ3n) is 2.60. The van der Waals surface area contributed by atoms with E-state index >= 15 is 0 Å². The maximum atomic E-state index is 11.7. The Balaban J connectivity index is 0.000000829. The number of hydrogen-bond acceptors (Lipinski definition) is 5. The normalized spacial score (nSPS) is 9.55. The molecular formula is C12H13ClN6O. The summed E-state index contributed by atoms with van der Waals surface area (Å²) >= 11 is 6.04. The number of aromatic nitrogens is 2. The van der Waals surface area contributed by atoms with Crippen molar-refractivity contribution >= 4 is 28.8 Å². The second-order valence-corrected chi connectivity index (χ2v) is 3.95. The Morgan fingerprint density at radius 2 is 1.65 bits per heavy atom. The van der Waals surface area contributed by atoms with Crippen LogP contribution in [0.2, 0.25) is 5.02 Å². The van der Waals surface area contributed by atoms with Gasteiger partial charge in [-0.1, -0.05) is 11.6 Å². The van der Waals surface area contributed by atoms with Gasteiger partial charge in [-0.05, 0) is 12.1 Å². The summed E-state index contributed by atoms with van der Waals surface area (Å²) < 4.78 is 3.10. The van der Waals surface area contributed by atoms with Crippen LogP contribution in [0.25, 0.3) is 11.0 Å². The van der Waals surface area contributed by atoms with Gasteiger partial charge in [0.1, 0.15) is 0 Å². The maximum absolute atomic E-state index is 11.7. The summed E-state index contributed by atoms with van der Waals surface area (Å²) in [5.74, 6) is 5.08. The van der Waals surface area contributed by atoms with Gasteiger partial charge in [0.25, 0.3) is 0 Å². The fourth-order valence-electron chi connectivity index (χ4n) is 1.72. The van der Waals surface area contributed by atoms with E-state index in [1.54, 1.807) is 35.4 Å². The number of hydrazone groups is 1. The number of nitrogens with two attached hydrogens (primary N) is 1. The number of aryl methyl sites for hydroxylation is 2. The van der Waals surface area contributed by atoms with Gasteiger partial charge in [0.15, 0.2) is 0 Å². The highest BCUT2D eigenvalue weighted by atomic mass is 35.5. The summed E-state index contributed by atoms with van der Waals surface area (Å²) in [4.78, 5) is 11.7. The summed E-state index contributed by atoms with van der Waals surface area (Å²) in [5, 5.41) is 16.9. The van der Waals surface area contributed by atoms with Crippen molar-refractivity contribution < 1.29 is 0 Å². The molecule has 0 unspecified atom stereocenters. The standard InChI is InChI=1S/C10H11ClN4O.2CHN/c1-14-8-3-6(5-13-12)7(11)4-9(8)15(2)10(14)16;2*1-2/h3-5H,12H2,1-2H3;2*1H. The first-order chi connectivity index (χ1) is 9.56. The van der Waals surface area contributed by atoms with Crippen molar-refractivity contribution in [2.75, 3.05) is 0 Å². The fourth-order valence-corrected chi connectivity index (χ4v) is 1.92. The van der Waals surface area contributed by atoms with E-state index in [0.717, 1.165) is 11.0 Å². The highest BCUT2D eigenvalue weighted by Crippen LogP contribution is 2.21. The molecule has 0 saturated heterocycles. The van der Waals surface area contributed by atoms with Gasteiger partial charge in [0.05, 0.1) is 22.3 Å². The minimum absolute atomic E-state index is 0.0899. The Bertz CT molecular complexity index is 716. The molecule has 0 fully saturated rings. The van der Waals surface area contributed by atoms with Crippen molar-refractivity contribution in [3.05, 3.63) is 33.2 Å². The lowest BCUT2D eigenvalue weighted by atomic mass is 10.2. The SMILES string of the molecule is C#N.C#N.Cn1c(=O)n(C)c2cc(C=NN)c(Cl)cc21. The maximum Gasteiger partial charge on any atom is 0.328 e. The van der Waals surface area contributed by atoms with Gasteiger partial charge in [-0.25, -0.2) is 15.3 Å². The number of fused-ring (bicyclic) bond motifs is 1. The molecular weight excluding hydrogens is 280 g/mol. The molecule has 0 atom stereocenters. The number of halogens is 1. The predicted molar refractivity (Wildman–Crippen MR) is 78.3 cm³/mol. The van der Waals surface area contributed by atoms with Crippen LogP contribution in [0.3, 0.4) is 0 Å². The third kappa shape index (κ3) is 2.97. The summed E-state index contributed by atoms with van der Waals surface area (Å²) in [6.07, 6.45) is 1.46. The zero-order valence-electron chi connectivity index (χ0n) is 11.0. The van der Waals surface area contributed by atoms with Crippen LogP contribution in [-0.2, 0) is 14.1 Å². The largest absolute Gasteiger partial charge is 0.328 e. The molecule has 0 aliphatic rings. The monoisotopic (exact) mass is 292 g/mol. The molecule has 2 rings (SSSR count). The Morgan fingerprint density at radius 3 is 2.10 bits per heavy atom. The van der Waals surface area contributed by atoms with Crippen LogP contribution in [0, 0.1) is 23.7 Å². The average Bonchev–Trinajstić information content (AvgIpc) is 2.69. The summed E-state index contributed by atoms with van der Waals surface area (Å²) in [6.45, 7) is 7.00. The first-order valence-corrected chi connectivity index (χ1v) is 5.54. The summed E-state index contributed by atoms with van der Waals surface area (Å²) in [6, 6.07) is 3.52. The molecule has 0 amide bonds. The van der Waals surface area contributed by atoms with Crippen LogP contribution < -0.4 is 11.5 Å². The second kappa shape index (κ2) is 7.62. The zero-order chi connectivity index (χ0) is 15.9. The van der Waals surface area contributed by atoms with Crippen LogP contribution in [0.4, 0.5) is 0 Å². The highest BCUT2D eigenvalue weighted by Gasteiger charge is 2.10. The van der Waals surface area contributed by atoms with Gasteiger partial charge in [-0.3, -0.25) is 9.13 Å². The van der Waals surface area contributed by atoms with E-state index < -0.39 is 0 Å². The van der Waals surface area contributed by atoms with Gasteiger partial charge in [-0.2, -0.15) is 5.10 Å². The minimum atomic E-state index is -0.0899. The number of nitriles is 2. The smallest absolute Gasteiger partial charge is 0.323 e. The number of hydrogen-bond donors (Lipinski definition) is 1. The Kier molecular flexibility index (Phi) is 6.56. The summed E-state index contributed by atoms with van der Waals surface area (Å²) in [5.41, 5.74) is 2.18. The minimum Gasteiger partial charge on any atom is -0.323 e. The molecule has 2 N–H and O–H groups in total. The van der Waals surface area contributed by atoms with Crippen LogP contribution in [0.5, 0.6) is 0 Å². The third-order valence-corrected chi connectivity index (χ3v) is 2.93. The lowest BCUT2D eigenvalue weighted by Crippen LogP contribution is -2.19. The van der Waals surface area contributed by atoms with Crippen molar-refractivity contribution in [2.45, 2.75) is 0 Å². The molecule has 1 aromatic carbocycles. The van der Waals surface area contributed by atoms with Gasteiger partial charge in [0, 0.05) is 32.8 Å². The number of benzene rings is 1. The molecule has 2 aromatic rings. The van der Waals surface area contributed by atoms with E-state index in [4.69, 9.17) is 28.0 Å². The highest BCUT2D eigenvalue weighted by molar-refractivity contribution is 6.33. The topological polar surface area (TPSA) is 113 Å². The molecule has 0 spiro atoms. The Morgan fingerprint density at radius 1 is 1.20 bits per heavy atom. The molecule has 0 bridgehead atoms. The average molecular weight is 293 g/mol. The number of imidazole rings is 1. The van der Waals surface area contributed by atoms with Crippen molar-refractivity contribution in [3.63, 3.8) is 0 Å². The molecule has 0 aliphatic carbocycles. The molecule has 104 valence electrons. The lowest BCUT2D eigenvalue weighted by Gasteiger charge is -2.00. The molecule has 1 aromatic heterocycles. The van der Waals surface area contributed by atoms with Crippen LogP contribution in [0.15, 0.2) is 22.0 Å². The van der Waals surface area contributed by atoms with Gasteiger partial charge < -0.3 is 5.84 Å². The van der Waals surface area contributed by atoms with Crippen molar-refractivity contribution in [1.29, 1.82) is 10.5 Å². The second-order valence-electron chi connectivity index (χ2n) is 3.54. The van der Waals surface area contributed by atoms with Crippen LogP contribution in [-0.4, -0.2) is 15.3 Å². The van der Waals surface area contributed by atoms with Crippen LogP contribution >= 0.6 is 11.6 Å². The Labute approximate surface area is 120 Å². The van der Waals surface area contributed by atoms with E-state index in [0.29, 0.717) is 10.6 Å². The summed E-state index contributed by atoms with van der Waals surface area (Å²) in [7, 11) is 3.42. The van der Waals surface area contributed by atoms with Gasteiger partial charge in [0.2, 0.25) is 0 Å². The first-order valence-electron chi connectivity index (χ1n) is 5.16. The Hall–Kier alpha value is -2.77. The van der Waals surface area contributed by atoms with Gasteiger partial charge in [-0.15, -0.1) is 0 Å². The zero-order valence-corrected chi connectivity index (χ0v) is 11.7. The fraction of sp³-hybridized carbons (Fsp3) is 0.167. The molecule has 7 nitrogen and oxygen atoms in total. The first kappa shape index (κ1) is 17.2. The van der Waals surface area contributed by atoms with Crippen molar-refractivity contribution in [3.8, 4) is 13.1 Å². The predicted octanol–water partition coefficient (Wildman–Crippen LogP) is 1.10. The van der Waals surface area contributed by atoms with E-state index in [-0.39, 0.29) is 5.69 Å².